The maximum absolute atomic E-state index is 13.1. The van der Waals surface area contributed by atoms with E-state index in [2.05, 4.69) is 4.98 Å². The Labute approximate surface area is 108 Å². The molecule has 0 aliphatic carbocycles. The van der Waals surface area contributed by atoms with Crippen molar-refractivity contribution >= 4 is 27.2 Å². The summed E-state index contributed by atoms with van der Waals surface area (Å²) in [5.41, 5.74) is 9.33. The molecule has 4 heteroatoms. The molecule has 0 bridgehead atoms. The van der Waals surface area contributed by atoms with Crippen LogP contribution in [0.5, 0.6) is 0 Å². The van der Waals surface area contributed by atoms with Crippen LogP contribution < -0.4 is 5.73 Å². The van der Waals surface area contributed by atoms with E-state index >= 15 is 0 Å². The van der Waals surface area contributed by atoms with E-state index in [0.717, 1.165) is 20.8 Å². The van der Waals surface area contributed by atoms with Crippen molar-refractivity contribution in [2.75, 3.05) is 5.73 Å². The van der Waals surface area contributed by atoms with Gasteiger partial charge in [-0.1, -0.05) is 6.07 Å². The largest absolute Gasteiger partial charge is 0.399 e. The van der Waals surface area contributed by atoms with Crippen molar-refractivity contribution in [2.24, 2.45) is 0 Å². The predicted octanol–water partition coefficient (Wildman–Crippen LogP) is 3.99. The fourth-order valence-corrected chi connectivity index (χ4v) is 2.91. The lowest BCUT2D eigenvalue weighted by Crippen LogP contribution is -1.88. The van der Waals surface area contributed by atoms with E-state index in [-0.39, 0.29) is 5.82 Å². The molecule has 2 N–H and O–H groups in total. The number of fused-ring (bicyclic) bond motifs is 1. The maximum Gasteiger partial charge on any atom is 0.125 e. The smallest absolute Gasteiger partial charge is 0.125 e. The first kappa shape index (κ1) is 11.2. The van der Waals surface area contributed by atoms with E-state index in [1.165, 1.54) is 12.1 Å². The van der Waals surface area contributed by atoms with Gasteiger partial charge in [-0.05, 0) is 36.8 Å². The van der Waals surface area contributed by atoms with E-state index in [4.69, 9.17) is 5.73 Å². The van der Waals surface area contributed by atoms with Gasteiger partial charge in [0.25, 0.3) is 0 Å². The molecule has 0 atom stereocenters. The molecule has 0 saturated carbocycles. The zero-order chi connectivity index (χ0) is 12.7. The van der Waals surface area contributed by atoms with Crippen molar-refractivity contribution in [3.8, 4) is 10.6 Å². The molecule has 0 radical (unpaired) electrons. The third-order valence-electron chi connectivity index (χ3n) is 2.84. The maximum atomic E-state index is 13.1. The molecular weight excluding hydrogens is 247 g/mol. The number of halogens is 1. The average molecular weight is 258 g/mol. The van der Waals surface area contributed by atoms with Crippen LogP contribution in [0.15, 0.2) is 36.4 Å². The summed E-state index contributed by atoms with van der Waals surface area (Å²) in [4.78, 5) is 4.47. The lowest BCUT2D eigenvalue weighted by Gasteiger charge is -2.02. The van der Waals surface area contributed by atoms with Crippen LogP contribution in [-0.4, -0.2) is 4.98 Å². The average Bonchev–Trinajstić information content (AvgIpc) is 2.74. The zero-order valence-corrected chi connectivity index (χ0v) is 10.6. The monoisotopic (exact) mass is 258 g/mol. The van der Waals surface area contributed by atoms with Gasteiger partial charge in [0.2, 0.25) is 0 Å². The van der Waals surface area contributed by atoms with Gasteiger partial charge in [-0.2, -0.15) is 0 Å². The fourth-order valence-electron chi connectivity index (χ4n) is 1.89. The van der Waals surface area contributed by atoms with E-state index in [9.17, 15) is 4.39 Å². The molecule has 1 aromatic heterocycles. The third kappa shape index (κ3) is 1.84. The highest BCUT2D eigenvalue weighted by Crippen LogP contribution is 2.33. The lowest BCUT2D eigenvalue weighted by molar-refractivity contribution is 0.629. The Morgan fingerprint density at radius 2 is 2.00 bits per heavy atom. The molecule has 0 amide bonds. The van der Waals surface area contributed by atoms with Crippen LogP contribution in [0.2, 0.25) is 0 Å². The first-order valence-electron chi connectivity index (χ1n) is 5.56. The van der Waals surface area contributed by atoms with Gasteiger partial charge < -0.3 is 5.73 Å². The van der Waals surface area contributed by atoms with E-state index in [1.54, 1.807) is 17.4 Å². The first-order valence-corrected chi connectivity index (χ1v) is 6.38. The number of aromatic nitrogens is 1. The molecule has 3 aromatic rings. The zero-order valence-electron chi connectivity index (χ0n) is 9.77. The number of nitrogens with zero attached hydrogens (tertiary/aromatic N) is 1. The summed E-state index contributed by atoms with van der Waals surface area (Å²) in [5, 5.41) is 0.875. The molecule has 0 fully saturated rings. The summed E-state index contributed by atoms with van der Waals surface area (Å²) in [7, 11) is 0. The van der Waals surface area contributed by atoms with Crippen LogP contribution in [0, 0.1) is 12.7 Å². The van der Waals surface area contributed by atoms with E-state index < -0.39 is 0 Å². The molecule has 0 unspecified atom stereocenters. The number of hydrogen-bond donors (Lipinski definition) is 1. The normalized spacial score (nSPS) is 11.0. The summed E-state index contributed by atoms with van der Waals surface area (Å²) in [6.07, 6.45) is 0. The number of rotatable bonds is 1. The molecule has 18 heavy (non-hydrogen) atoms. The van der Waals surface area contributed by atoms with Crippen LogP contribution in [0.25, 0.3) is 20.8 Å². The Kier molecular flexibility index (Phi) is 2.52. The fraction of sp³-hybridized carbons (Fsp3) is 0.0714. The van der Waals surface area contributed by atoms with Crippen molar-refractivity contribution in [3.05, 3.63) is 47.8 Å². The number of thiazole rings is 1. The molecule has 0 saturated heterocycles. The Morgan fingerprint density at radius 1 is 1.17 bits per heavy atom. The third-order valence-corrected chi connectivity index (χ3v) is 3.91. The summed E-state index contributed by atoms with van der Waals surface area (Å²) in [6, 6.07) is 10.4. The number of aryl methyl sites for hydroxylation is 1. The number of nitrogen functional groups attached to an aromatic ring is 1. The van der Waals surface area contributed by atoms with Crippen LogP contribution in [-0.2, 0) is 0 Å². The highest BCUT2D eigenvalue weighted by molar-refractivity contribution is 7.21. The molecule has 0 aliphatic heterocycles. The van der Waals surface area contributed by atoms with Gasteiger partial charge >= 0.3 is 0 Å². The molecule has 2 aromatic carbocycles. The van der Waals surface area contributed by atoms with Crippen LogP contribution in [0.4, 0.5) is 10.1 Å². The van der Waals surface area contributed by atoms with Crippen molar-refractivity contribution in [1.29, 1.82) is 0 Å². The second-order valence-electron chi connectivity index (χ2n) is 4.21. The van der Waals surface area contributed by atoms with Gasteiger partial charge in [-0.3, -0.25) is 0 Å². The van der Waals surface area contributed by atoms with Gasteiger partial charge in [0, 0.05) is 17.3 Å². The Hall–Kier alpha value is -1.94. The molecule has 1 heterocycles. The standard InChI is InChI=1S/C14H11FN2S/c1-8-2-4-10(16)7-11(8)14-17-12-6-9(15)3-5-13(12)18-14/h2-7H,16H2,1H3. The van der Waals surface area contributed by atoms with Crippen LogP contribution in [0.1, 0.15) is 5.56 Å². The number of benzene rings is 2. The highest BCUT2D eigenvalue weighted by Gasteiger charge is 2.09. The van der Waals surface area contributed by atoms with Crippen molar-refractivity contribution in [1.82, 2.24) is 4.98 Å². The number of anilines is 1. The van der Waals surface area contributed by atoms with Crippen molar-refractivity contribution in [2.45, 2.75) is 6.92 Å². The molecule has 90 valence electrons. The molecule has 3 rings (SSSR count). The molecule has 0 spiro atoms. The SMILES string of the molecule is Cc1ccc(N)cc1-c1nc2cc(F)ccc2s1. The van der Waals surface area contributed by atoms with Gasteiger partial charge in [-0.25, -0.2) is 9.37 Å². The Morgan fingerprint density at radius 3 is 2.83 bits per heavy atom. The van der Waals surface area contributed by atoms with Crippen molar-refractivity contribution < 1.29 is 4.39 Å². The predicted molar refractivity (Wildman–Crippen MR) is 74.2 cm³/mol. The van der Waals surface area contributed by atoms with Crippen LogP contribution >= 0.6 is 11.3 Å². The molecule has 0 aliphatic rings. The topological polar surface area (TPSA) is 38.9 Å². The minimum absolute atomic E-state index is 0.261. The van der Waals surface area contributed by atoms with Crippen LogP contribution in [0.3, 0.4) is 0 Å². The lowest BCUT2D eigenvalue weighted by atomic mass is 10.1. The van der Waals surface area contributed by atoms with Gasteiger partial charge in [0.15, 0.2) is 0 Å². The summed E-state index contributed by atoms with van der Waals surface area (Å²) < 4.78 is 14.1. The molecular formula is C14H11FN2S. The summed E-state index contributed by atoms with van der Waals surface area (Å²) in [5.74, 6) is -0.261. The van der Waals surface area contributed by atoms with E-state index in [0.29, 0.717) is 11.2 Å². The quantitative estimate of drug-likeness (QED) is 0.670. The second-order valence-corrected chi connectivity index (χ2v) is 5.24. The van der Waals surface area contributed by atoms with Gasteiger partial charge in [0.05, 0.1) is 10.2 Å². The summed E-state index contributed by atoms with van der Waals surface area (Å²) >= 11 is 1.55. The van der Waals surface area contributed by atoms with Crippen molar-refractivity contribution in [3.63, 3.8) is 0 Å². The molecule has 2 nitrogen and oxygen atoms in total. The second kappa shape index (κ2) is 4.07. The Balaban J connectivity index is 2.22. The minimum Gasteiger partial charge on any atom is -0.399 e. The van der Waals surface area contributed by atoms with E-state index in [1.807, 2.05) is 25.1 Å². The highest BCUT2D eigenvalue weighted by atomic mass is 32.1. The summed E-state index contributed by atoms with van der Waals surface area (Å²) in [6.45, 7) is 2.02. The van der Waals surface area contributed by atoms with Gasteiger partial charge in [-0.15, -0.1) is 11.3 Å². The number of nitrogens with two attached hydrogens (primary N) is 1. The minimum atomic E-state index is -0.261. The number of hydrogen-bond acceptors (Lipinski definition) is 3. The van der Waals surface area contributed by atoms with Gasteiger partial charge in [0.1, 0.15) is 10.8 Å². The Bertz CT molecular complexity index is 734. The first-order chi connectivity index (χ1) is 8.63.